The second-order valence-electron chi connectivity index (χ2n) is 11.0. The van der Waals surface area contributed by atoms with E-state index in [0.29, 0.717) is 102 Å². The Balaban J connectivity index is 1.21. The number of hydrogen-bond donors (Lipinski definition) is 3. The molecule has 2 aromatic heterocycles. The number of nitrogens with one attached hydrogen (secondary N) is 3. The molecule has 0 radical (unpaired) electrons. The summed E-state index contributed by atoms with van der Waals surface area (Å²) in [6, 6.07) is 11.5. The number of aromatic nitrogens is 4. The van der Waals surface area contributed by atoms with Gasteiger partial charge in [-0.15, -0.1) is 0 Å². The topological polar surface area (TPSA) is 142 Å². The average molecular weight is 681 g/mol. The Morgan fingerprint density at radius 3 is 1.81 bits per heavy atom. The van der Waals surface area contributed by atoms with E-state index in [1.807, 2.05) is 36.4 Å². The van der Waals surface area contributed by atoms with Crippen LogP contribution >= 0.6 is 23.2 Å². The minimum Gasteiger partial charge on any atom is -0.480 e. The largest absolute Gasteiger partial charge is 0.480 e. The van der Waals surface area contributed by atoms with Gasteiger partial charge in [-0.1, -0.05) is 59.6 Å². The number of carbonyl (C=O) groups excluding carboxylic acids is 1. The fourth-order valence-electron chi connectivity index (χ4n) is 5.53. The molecular formula is C33H35Cl2N7O5. The van der Waals surface area contributed by atoms with Gasteiger partial charge in [-0.25, -0.2) is 9.97 Å². The summed E-state index contributed by atoms with van der Waals surface area (Å²) in [5.74, 6) is 0.860. The number of halogens is 2. The Morgan fingerprint density at radius 2 is 1.32 bits per heavy atom. The highest BCUT2D eigenvalue weighted by molar-refractivity contribution is 6.39. The molecule has 6 rings (SSSR count). The molecule has 2 saturated heterocycles. The molecule has 2 aliphatic heterocycles. The fraction of sp³-hybridized carbons (Fsp3) is 0.364. The lowest BCUT2D eigenvalue weighted by Gasteiger charge is -2.15. The van der Waals surface area contributed by atoms with Gasteiger partial charge in [-0.2, -0.15) is 0 Å². The monoisotopic (exact) mass is 679 g/mol. The minimum atomic E-state index is -0.269. The molecule has 1 atom stereocenters. The zero-order valence-electron chi connectivity index (χ0n) is 26.0. The molecule has 1 amide bonds. The lowest BCUT2D eigenvalue weighted by molar-refractivity contribution is -0.119. The summed E-state index contributed by atoms with van der Waals surface area (Å²) < 4.78 is 22.1. The lowest BCUT2D eigenvalue weighted by atomic mass is 9.98. The molecule has 0 unspecified atom stereocenters. The highest BCUT2D eigenvalue weighted by Gasteiger charge is 2.22. The molecule has 4 heterocycles. The molecule has 14 heteroatoms. The van der Waals surface area contributed by atoms with Crippen LogP contribution in [0.1, 0.15) is 24.2 Å². The summed E-state index contributed by atoms with van der Waals surface area (Å²) in [5.41, 5.74) is 5.21. The summed E-state index contributed by atoms with van der Waals surface area (Å²) >= 11 is 14.1. The van der Waals surface area contributed by atoms with Crippen LogP contribution in [0.15, 0.2) is 48.8 Å². The molecule has 3 N–H and O–H groups in total. The Labute approximate surface area is 282 Å². The third kappa shape index (κ3) is 7.64. The average Bonchev–Trinajstić information content (AvgIpc) is 3.77. The van der Waals surface area contributed by atoms with Crippen molar-refractivity contribution < 1.29 is 23.7 Å². The predicted molar refractivity (Wildman–Crippen MR) is 177 cm³/mol. The molecule has 4 aromatic rings. The Hall–Kier alpha value is -3.91. The van der Waals surface area contributed by atoms with E-state index in [4.69, 9.17) is 52.1 Å². The Kier molecular flexibility index (Phi) is 10.8. The van der Waals surface area contributed by atoms with Gasteiger partial charge in [0.1, 0.15) is 11.4 Å². The van der Waals surface area contributed by atoms with Crippen molar-refractivity contribution in [2.75, 3.05) is 40.5 Å². The summed E-state index contributed by atoms with van der Waals surface area (Å²) in [6.45, 7) is 3.23. The second-order valence-corrected chi connectivity index (χ2v) is 11.7. The van der Waals surface area contributed by atoms with Gasteiger partial charge in [0.15, 0.2) is 6.29 Å². The maximum Gasteiger partial charge on any atom is 0.237 e. The van der Waals surface area contributed by atoms with Crippen molar-refractivity contribution in [2.45, 2.75) is 38.3 Å². The van der Waals surface area contributed by atoms with Crippen LogP contribution in [0.3, 0.4) is 0 Å². The number of ether oxygens (including phenoxy) is 4. The van der Waals surface area contributed by atoms with Crippen LogP contribution in [0.4, 0.5) is 0 Å². The third-order valence-electron chi connectivity index (χ3n) is 7.91. The molecular weight excluding hydrogens is 645 g/mol. The van der Waals surface area contributed by atoms with E-state index < -0.39 is 0 Å². The van der Waals surface area contributed by atoms with Crippen LogP contribution in [-0.2, 0) is 27.4 Å². The van der Waals surface area contributed by atoms with E-state index in [2.05, 4.69) is 25.9 Å². The number of rotatable bonds is 13. The SMILES string of the molecule is COc1nc(-c2cccc(-c3cccc(-c4cnc(CNC[C@@H]5CCC(=O)N5)c(OC)n4)c3Cl)c2Cl)cnc1CNCC1OCCO1. The number of hydrogen-bond acceptors (Lipinski definition) is 11. The van der Waals surface area contributed by atoms with E-state index >= 15 is 0 Å². The van der Waals surface area contributed by atoms with Gasteiger partial charge >= 0.3 is 0 Å². The van der Waals surface area contributed by atoms with Crippen molar-refractivity contribution >= 4 is 29.1 Å². The smallest absolute Gasteiger partial charge is 0.237 e. The second kappa shape index (κ2) is 15.3. The highest BCUT2D eigenvalue weighted by atomic mass is 35.5. The molecule has 2 fully saturated rings. The molecule has 246 valence electrons. The first-order valence-corrected chi connectivity index (χ1v) is 16.0. The van der Waals surface area contributed by atoms with Gasteiger partial charge in [0, 0.05) is 60.9 Å². The van der Waals surface area contributed by atoms with Gasteiger partial charge in [0.05, 0.1) is 61.3 Å². The van der Waals surface area contributed by atoms with Crippen molar-refractivity contribution in [1.29, 1.82) is 0 Å². The first kappa shape index (κ1) is 33.0. The zero-order valence-corrected chi connectivity index (χ0v) is 27.5. The van der Waals surface area contributed by atoms with Crippen molar-refractivity contribution in [3.8, 4) is 45.4 Å². The molecule has 2 aliphatic rings. The van der Waals surface area contributed by atoms with Crippen molar-refractivity contribution in [2.24, 2.45) is 0 Å². The molecule has 47 heavy (non-hydrogen) atoms. The van der Waals surface area contributed by atoms with Crippen LogP contribution in [0.2, 0.25) is 10.0 Å². The van der Waals surface area contributed by atoms with Crippen LogP contribution < -0.4 is 25.4 Å². The van der Waals surface area contributed by atoms with Gasteiger partial charge < -0.3 is 34.9 Å². The van der Waals surface area contributed by atoms with Crippen LogP contribution in [0.5, 0.6) is 11.8 Å². The molecule has 0 saturated carbocycles. The van der Waals surface area contributed by atoms with Crippen molar-refractivity contribution in [3.63, 3.8) is 0 Å². The molecule has 12 nitrogen and oxygen atoms in total. The summed E-state index contributed by atoms with van der Waals surface area (Å²) in [4.78, 5) is 30.1. The first-order chi connectivity index (χ1) is 22.9. The Morgan fingerprint density at radius 1 is 0.809 bits per heavy atom. The van der Waals surface area contributed by atoms with E-state index in [1.165, 1.54) is 0 Å². The van der Waals surface area contributed by atoms with E-state index in [1.54, 1.807) is 26.6 Å². The standard InChI is InChI=1S/C33H35Cl2N7O5/c1-44-32-26(14-36-13-19-9-10-28(43)40-19)38-16-24(41-32)22-7-3-5-20(30(22)34)21-6-4-8-23(31(21)35)25-17-39-27(33(42-25)45-2)15-37-18-29-46-11-12-47-29/h3-8,16-17,19,29,36-37H,9-15,18H2,1-2H3,(H,40,43)/t19-/m0/s1. The summed E-state index contributed by atoms with van der Waals surface area (Å²) in [6.07, 6.45) is 4.45. The quantitative estimate of drug-likeness (QED) is 0.185. The predicted octanol–water partition coefficient (Wildman–Crippen LogP) is 4.42. The van der Waals surface area contributed by atoms with Gasteiger partial charge in [-0.3, -0.25) is 14.8 Å². The minimum absolute atomic E-state index is 0.0826. The molecule has 2 aromatic carbocycles. The maximum atomic E-state index is 11.5. The first-order valence-electron chi connectivity index (χ1n) is 15.3. The van der Waals surface area contributed by atoms with Crippen molar-refractivity contribution in [3.05, 3.63) is 70.2 Å². The molecule has 0 aliphatic carbocycles. The number of carbonyl (C=O) groups is 1. The Bertz CT molecular complexity index is 1740. The van der Waals surface area contributed by atoms with E-state index in [-0.39, 0.29) is 18.2 Å². The number of nitrogens with zero attached hydrogens (tertiary/aromatic N) is 4. The zero-order chi connectivity index (χ0) is 32.8. The fourth-order valence-corrected chi connectivity index (χ4v) is 6.18. The van der Waals surface area contributed by atoms with Gasteiger partial charge in [0.25, 0.3) is 0 Å². The van der Waals surface area contributed by atoms with E-state index in [0.717, 1.165) is 17.5 Å². The third-order valence-corrected chi connectivity index (χ3v) is 8.73. The lowest BCUT2D eigenvalue weighted by Crippen LogP contribution is -2.35. The van der Waals surface area contributed by atoms with Gasteiger partial charge in [0.2, 0.25) is 17.7 Å². The summed E-state index contributed by atoms with van der Waals surface area (Å²) in [7, 11) is 3.11. The van der Waals surface area contributed by atoms with Crippen LogP contribution in [-0.4, -0.2) is 78.7 Å². The van der Waals surface area contributed by atoms with Crippen LogP contribution in [0, 0.1) is 0 Å². The normalized spacial score (nSPS) is 16.4. The summed E-state index contributed by atoms with van der Waals surface area (Å²) in [5, 5.41) is 10.5. The number of methoxy groups -OCH3 is 2. The molecule has 0 bridgehead atoms. The van der Waals surface area contributed by atoms with Crippen molar-refractivity contribution in [1.82, 2.24) is 35.9 Å². The maximum absolute atomic E-state index is 11.5. The van der Waals surface area contributed by atoms with E-state index in [9.17, 15) is 4.79 Å². The van der Waals surface area contributed by atoms with Gasteiger partial charge in [-0.05, 0) is 6.42 Å². The highest BCUT2D eigenvalue weighted by Crippen LogP contribution is 2.42. The number of benzene rings is 2. The molecule has 0 spiro atoms. The van der Waals surface area contributed by atoms with Crippen LogP contribution in [0.25, 0.3) is 33.6 Å². The number of amides is 1.